The smallest absolute Gasteiger partial charge is 0.262 e. The number of aryl methyl sites for hydroxylation is 1. The fourth-order valence-electron chi connectivity index (χ4n) is 4.08. The van der Waals surface area contributed by atoms with Gasteiger partial charge in [0.15, 0.2) is 5.82 Å². The van der Waals surface area contributed by atoms with Gasteiger partial charge in [-0.2, -0.15) is 0 Å². The maximum Gasteiger partial charge on any atom is 0.262 e. The third-order valence-corrected chi connectivity index (χ3v) is 5.54. The summed E-state index contributed by atoms with van der Waals surface area (Å²) in [4.78, 5) is 29.3. The molecule has 1 N–H and O–H groups in total. The highest BCUT2D eigenvalue weighted by Crippen LogP contribution is 2.16. The second-order valence-electron chi connectivity index (χ2n) is 8.09. The summed E-state index contributed by atoms with van der Waals surface area (Å²) in [6.45, 7) is 10.9. The van der Waals surface area contributed by atoms with E-state index >= 15 is 0 Å². The normalized spacial score (nSPS) is 16.0. The van der Waals surface area contributed by atoms with Crippen molar-refractivity contribution in [2.75, 3.05) is 32.7 Å². The molecule has 30 heavy (non-hydrogen) atoms. The van der Waals surface area contributed by atoms with Gasteiger partial charge in [0.1, 0.15) is 0 Å². The van der Waals surface area contributed by atoms with E-state index < -0.39 is 0 Å². The molecular formula is C21H29N7O2. The molecule has 0 unspecified atom stereocenters. The second kappa shape index (κ2) is 8.53. The van der Waals surface area contributed by atoms with Gasteiger partial charge in [0.2, 0.25) is 11.7 Å². The topological polar surface area (TPSA) is 87.8 Å². The molecule has 0 radical (unpaired) electrons. The average Bonchev–Trinajstić information content (AvgIpc) is 3.13. The lowest BCUT2D eigenvalue weighted by Gasteiger charge is -2.34. The number of amides is 1. The molecule has 0 saturated carbocycles. The number of hydrogen-bond acceptors (Lipinski definition) is 6. The van der Waals surface area contributed by atoms with Crippen LogP contribution in [0.1, 0.15) is 26.6 Å². The van der Waals surface area contributed by atoms with Gasteiger partial charge in [0.25, 0.3) is 5.56 Å². The first kappa shape index (κ1) is 20.5. The van der Waals surface area contributed by atoms with E-state index in [0.717, 1.165) is 37.5 Å². The van der Waals surface area contributed by atoms with Crippen LogP contribution >= 0.6 is 0 Å². The van der Waals surface area contributed by atoms with Gasteiger partial charge in [-0.1, -0.05) is 12.1 Å². The molecule has 0 aliphatic carbocycles. The summed E-state index contributed by atoms with van der Waals surface area (Å²) in [6.07, 6.45) is 0. The number of fused-ring (bicyclic) bond motifs is 3. The van der Waals surface area contributed by atoms with Crippen LogP contribution in [0.25, 0.3) is 16.7 Å². The number of aromatic nitrogens is 4. The summed E-state index contributed by atoms with van der Waals surface area (Å²) >= 11 is 0. The predicted molar refractivity (Wildman–Crippen MR) is 115 cm³/mol. The standard InChI is InChI=1S/C21H29N7O2/c1-4-27-20(30)16-7-5-6-8-17(16)28-18(23-24-21(27)28)13-25-9-11-26(12-10-25)14-19(29)22-15(2)3/h5-8,15H,4,9-14H2,1-3H3,(H,22,29). The van der Waals surface area contributed by atoms with Crippen molar-refractivity contribution in [1.82, 2.24) is 34.3 Å². The lowest BCUT2D eigenvalue weighted by molar-refractivity contribution is -0.123. The maximum atomic E-state index is 12.8. The molecule has 3 aromatic rings. The Morgan fingerprint density at radius 1 is 1.10 bits per heavy atom. The number of rotatable bonds is 6. The van der Waals surface area contributed by atoms with Gasteiger partial charge in [-0.15, -0.1) is 10.2 Å². The van der Waals surface area contributed by atoms with E-state index in [4.69, 9.17) is 0 Å². The monoisotopic (exact) mass is 411 g/mol. The van der Waals surface area contributed by atoms with Crippen molar-refractivity contribution in [3.05, 3.63) is 40.4 Å². The molecule has 0 bridgehead atoms. The van der Waals surface area contributed by atoms with E-state index in [2.05, 4.69) is 25.3 Å². The molecule has 1 saturated heterocycles. The van der Waals surface area contributed by atoms with Crippen LogP contribution in [0.5, 0.6) is 0 Å². The van der Waals surface area contributed by atoms with Crippen molar-refractivity contribution < 1.29 is 4.79 Å². The Morgan fingerprint density at radius 3 is 2.50 bits per heavy atom. The lowest BCUT2D eigenvalue weighted by atomic mass is 10.2. The van der Waals surface area contributed by atoms with Crippen molar-refractivity contribution in [2.24, 2.45) is 0 Å². The third-order valence-electron chi connectivity index (χ3n) is 5.54. The molecule has 4 rings (SSSR count). The zero-order valence-corrected chi connectivity index (χ0v) is 17.8. The molecule has 1 aliphatic rings. The second-order valence-corrected chi connectivity index (χ2v) is 8.09. The Kier molecular flexibility index (Phi) is 5.83. The first-order chi connectivity index (χ1) is 14.5. The van der Waals surface area contributed by atoms with Crippen LogP contribution in [0.2, 0.25) is 0 Å². The van der Waals surface area contributed by atoms with Gasteiger partial charge in [0, 0.05) is 38.8 Å². The summed E-state index contributed by atoms with van der Waals surface area (Å²) in [5.41, 5.74) is 0.805. The van der Waals surface area contributed by atoms with Crippen molar-refractivity contribution in [3.63, 3.8) is 0 Å². The maximum absolute atomic E-state index is 12.8. The van der Waals surface area contributed by atoms with Crippen LogP contribution < -0.4 is 10.9 Å². The number of carbonyl (C=O) groups is 1. The molecule has 9 heteroatoms. The predicted octanol–water partition coefficient (Wildman–Crippen LogP) is 0.706. The zero-order chi connectivity index (χ0) is 21.3. The molecule has 0 atom stereocenters. The molecule has 1 amide bonds. The Bertz CT molecular complexity index is 1110. The SMILES string of the molecule is CCn1c(=O)c2ccccc2n2c(CN3CCN(CC(=O)NC(C)C)CC3)nnc12. The minimum Gasteiger partial charge on any atom is -0.353 e. The highest BCUT2D eigenvalue weighted by atomic mass is 16.2. The molecule has 3 heterocycles. The quantitative estimate of drug-likeness (QED) is 0.643. The largest absolute Gasteiger partial charge is 0.353 e. The van der Waals surface area contributed by atoms with E-state index in [9.17, 15) is 9.59 Å². The highest BCUT2D eigenvalue weighted by molar-refractivity contribution is 5.80. The fraction of sp³-hybridized carbons (Fsp3) is 0.524. The Labute approximate surface area is 175 Å². The van der Waals surface area contributed by atoms with Crippen molar-refractivity contribution in [2.45, 2.75) is 39.9 Å². The molecule has 1 fully saturated rings. The summed E-state index contributed by atoms with van der Waals surface area (Å²) in [6, 6.07) is 7.78. The van der Waals surface area contributed by atoms with E-state index in [1.165, 1.54) is 0 Å². The molecule has 9 nitrogen and oxygen atoms in total. The van der Waals surface area contributed by atoms with E-state index in [1.807, 2.05) is 49.4 Å². The first-order valence-corrected chi connectivity index (χ1v) is 10.6. The number of benzene rings is 1. The van der Waals surface area contributed by atoms with E-state index in [0.29, 0.717) is 30.8 Å². The molecule has 0 spiro atoms. The molecular weight excluding hydrogens is 382 g/mol. The minimum atomic E-state index is -0.0344. The molecule has 1 aliphatic heterocycles. The Hall–Kier alpha value is -2.78. The molecule has 2 aromatic heterocycles. The van der Waals surface area contributed by atoms with Gasteiger partial charge in [-0.3, -0.25) is 28.4 Å². The molecule has 160 valence electrons. The number of carbonyl (C=O) groups excluding carboxylic acids is 1. The summed E-state index contributed by atoms with van der Waals surface area (Å²) in [5.74, 6) is 1.49. The van der Waals surface area contributed by atoms with Crippen LogP contribution in [0.4, 0.5) is 0 Å². The van der Waals surface area contributed by atoms with Crippen LogP contribution in [-0.2, 0) is 17.9 Å². The fourth-order valence-corrected chi connectivity index (χ4v) is 4.08. The summed E-state index contributed by atoms with van der Waals surface area (Å²) in [7, 11) is 0. The van der Waals surface area contributed by atoms with Gasteiger partial charge >= 0.3 is 0 Å². The minimum absolute atomic E-state index is 0.0344. The number of nitrogens with one attached hydrogen (secondary N) is 1. The zero-order valence-electron chi connectivity index (χ0n) is 17.8. The van der Waals surface area contributed by atoms with Gasteiger partial charge in [-0.25, -0.2) is 0 Å². The van der Waals surface area contributed by atoms with Crippen molar-refractivity contribution in [3.8, 4) is 0 Å². The number of piperazine rings is 1. The number of para-hydroxylation sites is 1. The first-order valence-electron chi connectivity index (χ1n) is 10.6. The van der Waals surface area contributed by atoms with Gasteiger partial charge in [-0.05, 0) is 32.9 Å². The van der Waals surface area contributed by atoms with Crippen LogP contribution in [0.3, 0.4) is 0 Å². The van der Waals surface area contributed by atoms with Gasteiger partial charge < -0.3 is 5.32 Å². The lowest BCUT2D eigenvalue weighted by Crippen LogP contribution is -2.49. The van der Waals surface area contributed by atoms with Crippen LogP contribution in [0, 0.1) is 0 Å². The molecule has 1 aromatic carbocycles. The van der Waals surface area contributed by atoms with E-state index in [1.54, 1.807) is 4.57 Å². The average molecular weight is 412 g/mol. The number of hydrogen-bond donors (Lipinski definition) is 1. The Morgan fingerprint density at radius 2 is 1.80 bits per heavy atom. The highest BCUT2D eigenvalue weighted by Gasteiger charge is 2.22. The van der Waals surface area contributed by atoms with E-state index in [-0.39, 0.29) is 17.5 Å². The third kappa shape index (κ3) is 3.95. The summed E-state index contributed by atoms with van der Waals surface area (Å²) < 4.78 is 3.67. The number of nitrogens with zero attached hydrogens (tertiary/aromatic N) is 6. The van der Waals surface area contributed by atoms with Crippen LogP contribution in [0.15, 0.2) is 29.1 Å². The van der Waals surface area contributed by atoms with Gasteiger partial charge in [0.05, 0.1) is 24.0 Å². The van der Waals surface area contributed by atoms with Crippen molar-refractivity contribution in [1.29, 1.82) is 0 Å². The Balaban J connectivity index is 1.53. The van der Waals surface area contributed by atoms with Crippen LogP contribution in [-0.4, -0.2) is 73.6 Å². The van der Waals surface area contributed by atoms with Crippen molar-refractivity contribution >= 4 is 22.6 Å². The summed E-state index contributed by atoms with van der Waals surface area (Å²) in [5, 5.41) is 12.4.